The number of amides is 1. The van der Waals surface area contributed by atoms with Gasteiger partial charge in [0.25, 0.3) is 0 Å². The van der Waals surface area contributed by atoms with Gasteiger partial charge in [0.1, 0.15) is 0 Å². The number of rotatable bonds is 2. The number of fused-ring (bicyclic) bond motifs is 2. The van der Waals surface area contributed by atoms with Crippen LogP contribution in [0.3, 0.4) is 0 Å². The number of morpholine rings is 1. The number of carbonyl (C=O) groups excluding carboxylic acids is 1. The molecule has 1 amide bonds. The summed E-state index contributed by atoms with van der Waals surface area (Å²) in [6.07, 6.45) is 2.65. The molecule has 2 bridgehead atoms. The third-order valence-corrected chi connectivity index (χ3v) is 3.47. The van der Waals surface area contributed by atoms with Gasteiger partial charge < -0.3 is 10.5 Å². The van der Waals surface area contributed by atoms with E-state index in [1.807, 2.05) is 0 Å². The summed E-state index contributed by atoms with van der Waals surface area (Å²) < 4.78 is 5.50. The normalized spacial score (nSPS) is 38.2. The molecule has 0 aromatic carbocycles. The Labute approximate surface area is 84.4 Å². The quantitative estimate of drug-likeness (QED) is 0.678. The predicted molar refractivity (Wildman–Crippen MR) is 52.7 cm³/mol. The topological polar surface area (TPSA) is 55.6 Å². The van der Waals surface area contributed by atoms with E-state index in [2.05, 4.69) is 11.9 Å². The molecular formula is C10H18N2O2. The standard InChI is InChI=1S/C10H18N2O2/c1-12-8-2-7(4-10(11)13)3-9(12)6-14-5-8/h7-9H,2-6H2,1H3,(H2,11,13). The summed E-state index contributed by atoms with van der Waals surface area (Å²) in [5.41, 5.74) is 5.22. The average Bonchev–Trinajstić information content (AvgIpc) is 2.05. The van der Waals surface area contributed by atoms with Crippen molar-refractivity contribution in [3.05, 3.63) is 0 Å². The first-order valence-electron chi connectivity index (χ1n) is 5.25. The Bertz CT molecular complexity index is 218. The van der Waals surface area contributed by atoms with Crippen molar-refractivity contribution >= 4 is 5.91 Å². The van der Waals surface area contributed by atoms with Gasteiger partial charge in [0.05, 0.1) is 13.2 Å². The summed E-state index contributed by atoms with van der Waals surface area (Å²) >= 11 is 0. The fraction of sp³-hybridized carbons (Fsp3) is 0.900. The van der Waals surface area contributed by atoms with Crippen molar-refractivity contribution in [3.63, 3.8) is 0 Å². The van der Waals surface area contributed by atoms with Crippen molar-refractivity contribution in [2.24, 2.45) is 11.7 Å². The molecule has 4 heteroatoms. The maximum absolute atomic E-state index is 10.8. The average molecular weight is 198 g/mol. The largest absolute Gasteiger partial charge is 0.378 e. The van der Waals surface area contributed by atoms with Crippen LogP contribution in [0.15, 0.2) is 0 Å². The molecule has 2 atom stereocenters. The van der Waals surface area contributed by atoms with Gasteiger partial charge in [-0.1, -0.05) is 0 Å². The van der Waals surface area contributed by atoms with E-state index in [1.54, 1.807) is 0 Å². The number of carbonyl (C=O) groups is 1. The molecule has 80 valence electrons. The van der Waals surface area contributed by atoms with E-state index in [4.69, 9.17) is 10.5 Å². The highest BCUT2D eigenvalue weighted by Crippen LogP contribution is 2.31. The number of primary amides is 1. The molecule has 2 rings (SSSR count). The molecule has 0 aromatic rings. The maximum Gasteiger partial charge on any atom is 0.217 e. The summed E-state index contributed by atoms with van der Waals surface area (Å²) in [5.74, 6) is 0.307. The van der Waals surface area contributed by atoms with Gasteiger partial charge >= 0.3 is 0 Å². The Morgan fingerprint density at radius 1 is 1.43 bits per heavy atom. The van der Waals surface area contributed by atoms with Crippen molar-refractivity contribution in [2.75, 3.05) is 20.3 Å². The van der Waals surface area contributed by atoms with E-state index in [1.165, 1.54) is 0 Å². The second-order valence-electron chi connectivity index (χ2n) is 4.52. The predicted octanol–water partition coefficient (Wildman–Crippen LogP) is -0.0290. The summed E-state index contributed by atoms with van der Waals surface area (Å²) in [6.45, 7) is 1.62. The molecule has 0 saturated carbocycles. The lowest BCUT2D eigenvalue weighted by Crippen LogP contribution is -2.55. The molecule has 2 unspecified atom stereocenters. The Morgan fingerprint density at radius 2 is 2.00 bits per heavy atom. The lowest BCUT2D eigenvalue weighted by molar-refractivity contribution is -0.121. The molecule has 4 nitrogen and oxygen atoms in total. The lowest BCUT2D eigenvalue weighted by Gasteiger charge is -2.46. The fourth-order valence-corrected chi connectivity index (χ4v) is 2.66. The molecule has 2 heterocycles. The van der Waals surface area contributed by atoms with Crippen LogP contribution >= 0.6 is 0 Å². The van der Waals surface area contributed by atoms with E-state index in [-0.39, 0.29) is 5.91 Å². The van der Waals surface area contributed by atoms with E-state index in [0.717, 1.165) is 26.1 Å². The highest BCUT2D eigenvalue weighted by molar-refractivity contribution is 5.74. The Hall–Kier alpha value is -0.610. The smallest absolute Gasteiger partial charge is 0.217 e. The van der Waals surface area contributed by atoms with Crippen molar-refractivity contribution in [3.8, 4) is 0 Å². The van der Waals surface area contributed by atoms with Gasteiger partial charge in [0.15, 0.2) is 0 Å². The van der Waals surface area contributed by atoms with Crippen LogP contribution in [0.1, 0.15) is 19.3 Å². The van der Waals surface area contributed by atoms with Crippen molar-refractivity contribution < 1.29 is 9.53 Å². The van der Waals surface area contributed by atoms with Gasteiger partial charge in [-0.2, -0.15) is 0 Å². The maximum atomic E-state index is 10.8. The van der Waals surface area contributed by atoms with Gasteiger partial charge in [-0.25, -0.2) is 0 Å². The molecule has 2 N–H and O–H groups in total. The molecule has 2 aliphatic heterocycles. The van der Waals surface area contributed by atoms with Gasteiger partial charge in [0, 0.05) is 18.5 Å². The Morgan fingerprint density at radius 3 is 2.50 bits per heavy atom. The third-order valence-electron chi connectivity index (χ3n) is 3.47. The molecule has 2 aliphatic rings. The molecule has 14 heavy (non-hydrogen) atoms. The van der Waals surface area contributed by atoms with Gasteiger partial charge in [0.2, 0.25) is 5.91 Å². The molecule has 0 spiro atoms. The Kier molecular flexibility index (Phi) is 2.74. The van der Waals surface area contributed by atoms with Crippen molar-refractivity contribution in [2.45, 2.75) is 31.3 Å². The first-order valence-corrected chi connectivity index (χ1v) is 5.25. The zero-order valence-electron chi connectivity index (χ0n) is 8.61. The van der Waals surface area contributed by atoms with Crippen LogP contribution in [0, 0.1) is 5.92 Å². The molecule has 0 radical (unpaired) electrons. The summed E-state index contributed by atoms with van der Waals surface area (Å²) in [5, 5.41) is 0. The van der Waals surface area contributed by atoms with Crippen LogP contribution in [-0.4, -0.2) is 43.2 Å². The monoisotopic (exact) mass is 198 g/mol. The zero-order chi connectivity index (χ0) is 10.1. The number of likely N-dealkylation sites (N-methyl/N-ethyl adjacent to an activating group) is 1. The number of ether oxygens (including phenoxy) is 1. The lowest BCUT2D eigenvalue weighted by atomic mass is 9.83. The van der Waals surface area contributed by atoms with E-state index in [9.17, 15) is 4.79 Å². The van der Waals surface area contributed by atoms with Crippen molar-refractivity contribution in [1.29, 1.82) is 0 Å². The molecule has 0 aliphatic carbocycles. The highest BCUT2D eigenvalue weighted by atomic mass is 16.5. The molecule has 0 aromatic heterocycles. The fourth-order valence-electron chi connectivity index (χ4n) is 2.66. The van der Waals surface area contributed by atoms with Crippen LogP contribution in [-0.2, 0) is 9.53 Å². The number of nitrogens with two attached hydrogens (primary N) is 1. The molecular weight excluding hydrogens is 180 g/mol. The van der Waals surface area contributed by atoms with Crippen molar-refractivity contribution in [1.82, 2.24) is 4.90 Å². The number of hydrogen-bond acceptors (Lipinski definition) is 3. The van der Waals surface area contributed by atoms with Gasteiger partial charge in [-0.05, 0) is 25.8 Å². The van der Waals surface area contributed by atoms with Crippen LogP contribution in [0.2, 0.25) is 0 Å². The van der Waals surface area contributed by atoms with E-state index >= 15 is 0 Å². The Balaban J connectivity index is 1.97. The SMILES string of the molecule is CN1C2COCC1CC(CC(N)=O)C2. The minimum Gasteiger partial charge on any atom is -0.378 e. The summed E-state index contributed by atoms with van der Waals surface area (Å²) in [6, 6.07) is 0.985. The van der Waals surface area contributed by atoms with Gasteiger partial charge in [-0.3, -0.25) is 9.69 Å². The van der Waals surface area contributed by atoms with Crippen LogP contribution in [0.5, 0.6) is 0 Å². The van der Waals surface area contributed by atoms with E-state index in [0.29, 0.717) is 24.4 Å². The number of nitrogens with zero attached hydrogens (tertiary/aromatic N) is 1. The first kappa shape index (κ1) is 9.93. The molecule has 2 fully saturated rings. The van der Waals surface area contributed by atoms with Crippen LogP contribution in [0.4, 0.5) is 0 Å². The zero-order valence-corrected chi connectivity index (χ0v) is 8.61. The van der Waals surface area contributed by atoms with Crippen LogP contribution in [0.25, 0.3) is 0 Å². The third kappa shape index (κ3) is 1.91. The molecule has 2 saturated heterocycles. The minimum absolute atomic E-state index is 0.168. The van der Waals surface area contributed by atoms with Gasteiger partial charge in [-0.15, -0.1) is 0 Å². The first-order chi connectivity index (χ1) is 6.66. The second-order valence-corrected chi connectivity index (χ2v) is 4.52. The summed E-state index contributed by atoms with van der Waals surface area (Å²) in [7, 11) is 2.15. The highest BCUT2D eigenvalue weighted by Gasteiger charge is 2.36. The van der Waals surface area contributed by atoms with E-state index < -0.39 is 0 Å². The van der Waals surface area contributed by atoms with Crippen LogP contribution < -0.4 is 5.73 Å². The minimum atomic E-state index is -0.168. The number of piperidine rings is 1. The summed E-state index contributed by atoms with van der Waals surface area (Å²) in [4.78, 5) is 13.2. The number of hydrogen-bond donors (Lipinski definition) is 1. The second kappa shape index (κ2) is 3.87.